The summed E-state index contributed by atoms with van der Waals surface area (Å²) < 4.78 is 40.2. The highest BCUT2D eigenvalue weighted by Gasteiger charge is 2.42. The van der Waals surface area contributed by atoms with E-state index in [0.717, 1.165) is 5.70 Å². The summed E-state index contributed by atoms with van der Waals surface area (Å²) in [5.74, 6) is 2.96. The summed E-state index contributed by atoms with van der Waals surface area (Å²) in [5.41, 5.74) is 5.39. The Labute approximate surface area is 245 Å². The molecular weight excluding hydrogens is 562 g/mol. The average molecular weight is 598 g/mol. The third-order valence-electron chi connectivity index (χ3n) is 8.41. The van der Waals surface area contributed by atoms with Crippen LogP contribution in [0.2, 0.25) is 0 Å². The van der Waals surface area contributed by atoms with E-state index in [4.69, 9.17) is 15.9 Å². The number of H-pyrrole nitrogens is 1. The number of piperazine rings is 1. The van der Waals surface area contributed by atoms with Gasteiger partial charge in [0, 0.05) is 75.6 Å². The van der Waals surface area contributed by atoms with E-state index >= 15 is 0 Å². The second-order valence-electron chi connectivity index (χ2n) is 10.9. The number of fused-ring (bicyclic) bond motifs is 1. The van der Waals surface area contributed by atoms with E-state index in [9.17, 15) is 18.0 Å². The highest BCUT2D eigenvalue weighted by atomic mass is 32.2. The molecule has 0 spiro atoms. The number of rotatable bonds is 4. The van der Waals surface area contributed by atoms with Crippen LogP contribution in [0, 0.1) is 12.3 Å². The summed E-state index contributed by atoms with van der Waals surface area (Å²) in [6.07, 6.45) is 5.97. The largest absolute Gasteiger partial charge is 0.453 e. The van der Waals surface area contributed by atoms with Gasteiger partial charge in [0.15, 0.2) is 6.23 Å². The van der Waals surface area contributed by atoms with Gasteiger partial charge in [0.2, 0.25) is 11.8 Å². The van der Waals surface area contributed by atoms with E-state index in [0.29, 0.717) is 61.6 Å². The van der Waals surface area contributed by atoms with Gasteiger partial charge in [0.25, 0.3) is 10.0 Å². The number of carbonyl (C=O) groups is 2. The van der Waals surface area contributed by atoms with Crippen LogP contribution >= 0.6 is 0 Å². The van der Waals surface area contributed by atoms with Crippen LogP contribution < -0.4 is 5.43 Å². The first kappa shape index (κ1) is 28.2. The fourth-order valence-corrected chi connectivity index (χ4v) is 7.34. The summed E-state index contributed by atoms with van der Waals surface area (Å²) in [4.78, 5) is 35.5. The lowest BCUT2D eigenvalue weighted by Gasteiger charge is -2.43. The van der Waals surface area contributed by atoms with Crippen LogP contribution in [0.5, 0.6) is 0 Å². The maximum absolute atomic E-state index is 13.8. The minimum Gasteiger partial charge on any atom is -0.453 e. The summed E-state index contributed by atoms with van der Waals surface area (Å²) in [5, 5.41) is 2.22. The van der Waals surface area contributed by atoms with Crippen molar-refractivity contribution in [3.05, 3.63) is 41.4 Å². The number of amides is 3. The van der Waals surface area contributed by atoms with Gasteiger partial charge in [-0.05, 0) is 31.2 Å². The molecule has 1 aromatic carbocycles. The highest BCUT2D eigenvalue weighted by Crippen LogP contribution is 2.30. The molecule has 42 heavy (non-hydrogen) atoms. The molecule has 6 rings (SSSR count). The zero-order valence-electron chi connectivity index (χ0n) is 23.7. The Morgan fingerprint density at radius 1 is 1.12 bits per heavy atom. The molecule has 2 atom stereocenters. The molecule has 2 aromatic rings. The number of sulfonamides is 1. The molecule has 14 heteroatoms. The van der Waals surface area contributed by atoms with Crippen LogP contribution in [0.15, 0.2) is 40.9 Å². The summed E-state index contributed by atoms with van der Waals surface area (Å²) in [6, 6.07) is 5.83. The van der Waals surface area contributed by atoms with Crippen LogP contribution in [0.1, 0.15) is 25.3 Å². The van der Waals surface area contributed by atoms with Gasteiger partial charge in [-0.1, -0.05) is 5.92 Å². The van der Waals surface area contributed by atoms with Crippen LogP contribution in [-0.2, 0) is 24.3 Å². The minimum atomic E-state index is -3.95. The van der Waals surface area contributed by atoms with Gasteiger partial charge in [-0.3, -0.25) is 10.2 Å². The Hall–Kier alpha value is -3.93. The number of ether oxygens (including phenoxy) is 2. The summed E-state index contributed by atoms with van der Waals surface area (Å²) in [6.45, 7) is 4.35. The van der Waals surface area contributed by atoms with Crippen LogP contribution in [0.25, 0.3) is 10.9 Å². The van der Waals surface area contributed by atoms with Gasteiger partial charge >= 0.3 is 6.03 Å². The Morgan fingerprint density at radius 2 is 1.90 bits per heavy atom. The van der Waals surface area contributed by atoms with Gasteiger partial charge < -0.3 is 29.2 Å². The van der Waals surface area contributed by atoms with Crippen molar-refractivity contribution in [3.8, 4) is 12.3 Å². The van der Waals surface area contributed by atoms with Crippen molar-refractivity contribution in [2.24, 2.45) is 0 Å². The lowest BCUT2D eigenvalue weighted by molar-refractivity contribution is -0.136. The van der Waals surface area contributed by atoms with E-state index in [-0.39, 0.29) is 49.2 Å². The predicted octanol–water partition coefficient (Wildman–Crippen LogP) is 0.880. The molecule has 0 aliphatic carbocycles. The molecule has 3 amide bonds. The molecule has 2 saturated heterocycles. The average Bonchev–Trinajstić information content (AvgIpc) is 3.57. The second kappa shape index (κ2) is 11.0. The first-order chi connectivity index (χ1) is 20.2. The minimum absolute atomic E-state index is 0.00590. The fourth-order valence-electron chi connectivity index (χ4n) is 5.86. The van der Waals surface area contributed by atoms with E-state index in [2.05, 4.69) is 16.3 Å². The van der Waals surface area contributed by atoms with Gasteiger partial charge in [-0.2, -0.15) is 4.31 Å². The third-order valence-corrected chi connectivity index (χ3v) is 10.2. The Bertz CT molecular complexity index is 1570. The number of urea groups is 1. The third kappa shape index (κ3) is 5.12. The molecule has 224 valence electrons. The van der Waals surface area contributed by atoms with Crippen molar-refractivity contribution < 1.29 is 27.5 Å². The van der Waals surface area contributed by atoms with E-state index in [1.54, 1.807) is 34.1 Å². The van der Waals surface area contributed by atoms with E-state index in [1.165, 1.54) is 9.31 Å². The number of nitrogens with one attached hydrogen (secondary N) is 2. The number of terminal acetylenes is 1. The monoisotopic (exact) mass is 597 g/mol. The van der Waals surface area contributed by atoms with Crippen molar-refractivity contribution in [1.82, 2.24) is 34.4 Å². The lowest BCUT2D eigenvalue weighted by atomic mass is 10.1. The van der Waals surface area contributed by atoms with Crippen molar-refractivity contribution in [2.75, 3.05) is 59.5 Å². The quantitative estimate of drug-likeness (QED) is 0.497. The first-order valence-corrected chi connectivity index (χ1v) is 15.5. The number of hydrogen-bond donors (Lipinski definition) is 2. The lowest BCUT2D eigenvalue weighted by Crippen LogP contribution is -2.62. The van der Waals surface area contributed by atoms with Gasteiger partial charge in [-0.15, -0.1) is 6.42 Å². The summed E-state index contributed by atoms with van der Waals surface area (Å²) in [7, 11) is -2.01. The van der Waals surface area contributed by atoms with E-state index in [1.807, 2.05) is 18.9 Å². The normalized spacial score (nSPS) is 23.5. The van der Waals surface area contributed by atoms with Crippen LogP contribution in [0.4, 0.5) is 4.79 Å². The fraction of sp³-hybridized carbons (Fsp3) is 0.500. The number of morpholine rings is 1. The molecule has 2 N–H and O–H groups in total. The number of hydrogen-bond acceptors (Lipinski definition) is 8. The van der Waals surface area contributed by atoms with Crippen LogP contribution in [-0.4, -0.2) is 121 Å². The van der Waals surface area contributed by atoms with Crippen molar-refractivity contribution >= 4 is 32.9 Å². The number of benzene rings is 1. The number of carbonyl (C=O) groups excluding carboxylic acids is 2. The molecular formula is C28H35N7O6S. The number of hydrazine groups is 1. The summed E-state index contributed by atoms with van der Waals surface area (Å²) >= 11 is 0. The Kier molecular flexibility index (Phi) is 7.42. The molecule has 2 fully saturated rings. The number of aromatic nitrogens is 1. The van der Waals surface area contributed by atoms with Crippen molar-refractivity contribution in [1.29, 1.82) is 0 Å². The SMILES string of the molecule is C#Cc1ccc2[nH]c(S(=O)(=O)N3CCN(C(=O)N4CCC5=C(N4)OC(C)N5C)C(CC(=O)N4CCOCC4)C3)cc2c1. The Morgan fingerprint density at radius 3 is 2.67 bits per heavy atom. The molecule has 13 nitrogen and oxygen atoms in total. The molecule has 4 aliphatic rings. The first-order valence-electron chi connectivity index (χ1n) is 14.1. The number of nitrogens with zero attached hydrogens (tertiary/aromatic N) is 5. The molecule has 5 heterocycles. The molecule has 0 radical (unpaired) electrons. The van der Waals surface area contributed by atoms with Gasteiger partial charge in [0.1, 0.15) is 5.03 Å². The molecule has 2 unspecified atom stereocenters. The highest BCUT2D eigenvalue weighted by molar-refractivity contribution is 7.89. The molecule has 1 aromatic heterocycles. The smallest absolute Gasteiger partial charge is 0.339 e. The number of aromatic amines is 1. The maximum Gasteiger partial charge on any atom is 0.339 e. The molecule has 0 saturated carbocycles. The molecule has 4 aliphatic heterocycles. The zero-order valence-corrected chi connectivity index (χ0v) is 24.5. The van der Waals surface area contributed by atoms with Crippen LogP contribution in [0.3, 0.4) is 0 Å². The molecule has 0 bridgehead atoms. The van der Waals surface area contributed by atoms with Gasteiger partial charge in [-0.25, -0.2) is 18.2 Å². The topological polar surface area (TPSA) is 131 Å². The predicted molar refractivity (Wildman–Crippen MR) is 153 cm³/mol. The van der Waals surface area contributed by atoms with Gasteiger partial charge in [0.05, 0.1) is 25.0 Å². The zero-order chi connectivity index (χ0) is 29.6. The van der Waals surface area contributed by atoms with E-state index < -0.39 is 16.1 Å². The second-order valence-corrected chi connectivity index (χ2v) is 12.8. The Balaban J connectivity index is 1.23. The maximum atomic E-state index is 13.8. The van der Waals surface area contributed by atoms with Crippen molar-refractivity contribution in [2.45, 2.75) is 37.1 Å². The van der Waals surface area contributed by atoms with Crippen molar-refractivity contribution in [3.63, 3.8) is 0 Å². The standard InChI is InChI=1S/C28H35N7O6S/c1-4-20-5-6-23-21(15-20)16-25(29-23)42(38,39)33-9-10-34(22(18-33)17-26(36)32-11-13-40-14-12-32)28(37)35-8-7-24-27(30-35)41-19(2)31(24)3/h1,5-6,15-16,19,22,29-30H,7-14,17-18H2,2-3H3.